The molecule has 1 aromatic heterocycles. The summed E-state index contributed by atoms with van der Waals surface area (Å²) in [5.41, 5.74) is 2.71. The normalized spacial score (nSPS) is 12.2. The van der Waals surface area contributed by atoms with E-state index in [0.717, 1.165) is 18.7 Å². The number of rotatable bonds is 9. The van der Waals surface area contributed by atoms with Crippen LogP contribution in [0.15, 0.2) is 60.9 Å². The first-order valence-corrected chi connectivity index (χ1v) is 9.43. The van der Waals surface area contributed by atoms with Gasteiger partial charge >= 0.3 is 0 Å². The van der Waals surface area contributed by atoms with Crippen LogP contribution >= 0.6 is 0 Å². The number of pyridine rings is 1. The quantitative estimate of drug-likeness (QED) is 0.544. The van der Waals surface area contributed by atoms with Crippen LogP contribution in [-0.2, 0) is 13.0 Å². The lowest BCUT2D eigenvalue weighted by atomic mass is 10.0. The molecule has 2 aromatic carbocycles. The lowest BCUT2D eigenvalue weighted by Crippen LogP contribution is -2.25. The second kappa shape index (κ2) is 9.35. The average molecular weight is 348 g/mol. The van der Waals surface area contributed by atoms with Gasteiger partial charge in [-0.15, -0.1) is 0 Å². The fourth-order valence-electron chi connectivity index (χ4n) is 3.21. The van der Waals surface area contributed by atoms with E-state index < -0.39 is 0 Å². The van der Waals surface area contributed by atoms with E-state index in [4.69, 9.17) is 4.74 Å². The Bertz CT molecular complexity index is 814. The van der Waals surface area contributed by atoms with Crippen molar-refractivity contribution in [3.63, 3.8) is 0 Å². The van der Waals surface area contributed by atoms with Crippen molar-refractivity contribution in [2.24, 2.45) is 0 Å². The molecule has 0 saturated carbocycles. The van der Waals surface area contributed by atoms with Crippen LogP contribution in [0.5, 0.6) is 5.75 Å². The minimum absolute atomic E-state index is 0.527. The molecule has 26 heavy (non-hydrogen) atoms. The van der Waals surface area contributed by atoms with Gasteiger partial charge in [-0.05, 0) is 67.0 Å². The number of hydrogen-bond donors (Lipinski definition) is 1. The van der Waals surface area contributed by atoms with Crippen molar-refractivity contribution in [3.05, 3.63) is 72.1 Å². The molecule has 3 aromatic rings. The summed E-state index contributed by atoms with van der Waals surface area (Å²) < 4.78 is 5.20. The number of methoxy groups -OCH3 is 1. The van der Waals surface area contributed by atoms with E-state index in [9.17, 15) is 0 Å². The third kappa shape index (κ3) is 5.30. The number of aryl methyl sites for hydroxylation is 1. The molecule has 0 radical (unpaired) electrons. The fourth-order valence-corrected chi connectivity index (χ4v) is 3.21. The van der Waals surface area contributed by atoms with E-state index in [-0.39, 0.29) is 0 Å². The number of aromatic nitrogens is 1. The molecule has 0 amide bonds. The molecule has 0 bridgehead atoms. The Labute approximate surface area is 156 Å². The monoisotopic (exact) mass is 348 g/mol. The summed E-state index contributed by atoms with van der Waals surface area (Å²) in [6.45, 7) is 3.19. The Morgan fingerprint density at radius 3 is 2.58 bits per heavy atom. The van der Waals surface area contributed by atoms with Crippen molar-refractivity contribution in [1.82, 2.24) is 10.3 Å². The van der Waals surface area contributed by atoms with Gasteiger partial charge in [0.05, 0.1) is 7.11 Å². The predicted molar refractivity (Wildman–Crippen MR) is 109 cm³/mol. The molecule has 1 atom stereocenters. The standard InChI is InChI=1S/C23H28N2O/c1-18(5-3-4-6-19-8-11-23(26-2)12-9-19)25-16-20-7-10-22-17-24-14-13-21(22)15-20/h7-15,17-18,25H,3-6,16H2,1-2H3/t18-/m1/s1. The van der Waals surface area contributed by atoms with Crippen LogP contribution in [0.4, 0.5) is 0 Å². The van der Waals surface area contributed by atoms with Crippen molar-refractivity contribution < 1.29 is 4.74 Å². The zero-order valence-electron chi connectivity index (χ0n) is 15.7. The molecule has 0 spiro atoms. The lowest BCUT2D eigenvalue weighted by molar-refractivity contribution is 0.414. The van der Waals surface area contributed by atoms with E-state index in [2.05, 4.69) is 53.6 Å². The molecule has 0 saturated heterocycles. The van der Waals surface area contributed by atoms with Crippen LogP contribution in [0.1, 0.15) is 37.3 Å². The zero-order valence-corrected chi connectivity index (χ0v) is 15.7. The molecular weight excluding hydrogens is 320 g/mol. The molecule has 1 heterocycles. The van der Waals surface area contributed by atoms with Crippen molar-refractivity contribution in [1.29, 1.82) is 0 Å². The van der Waals surface area contributed by atoms with Crippen LogP contribution in [0.2, 0.25) is 0 Å². The molecule has 3 heteroatoms. The summed E-state index contributed by atoms with van der Waals surface area (Å²) in [7, 11) is 1.71. The first-order valence-electron chi connectivity index (χ1n) is 9.43. The Morgan fingerprint density at radius 2 is 1.77 bits per heavy atom. The molecule has 0 aliphatic carbocycles. The van der Waals surface area contributed by atoms with E-state index >= 15 is 0 Å². The number of unbranched alkanes of at least 4 members (excludes halogenated alkanes) is 1. The van der Waals surface area contributed by atoms with Crippen LogP contribution in [0, 0.1) is 0 Å². The Kier molecular flexibility index (Phi) is 6.62. The van der Waals surface area contributed by atoms with Crippen LogP contribution < -0.4 is 10.1 Å². The van der Waals surface area contributed by atoms with Crippen molar-refractivity contribution in [2.75, 3.05) is 7.11 Å². The van der Waals surface area contributed by atoms with Crippen LogP contribution in [0.25, 0.3) is 10.8 Å². The van der Waals surface area contributed by atoms with Gasteiger partial charge < -0.3 is 10.1 Å². The van der Waals surface area contributed by atoms with E-state index in [1.807, 2.05) is 24.5 Å². The maximum atomic E-state index is 5.20. The zero-order chi connectivity index (χ0) is 18.2. The number of nitrogens with one attached hydrogen (secondary N) is 1. The smallest absolute Gasteiger partial charge is 0.118 e. The highest BCUT2D eigenvalue weighted by molar-refractivity contribution is 5.81. The van der Waals surface area contributed by atoms with Gasteiger partial charge in [0.25, 0.3) is 0 Å². The molecule has 0 aliphatic heterocycles. The summed E-state index contributed by atoms with van der Waals surface area (Å²) in [4.78, 5) is 4.17. The summed E-state index contributed by atoms with van der Waals surface area (Å²) in [6, 6.07) is 17.6. The Balaban J connectivity index is 1.37. The Morgan fingerprint density at radius 1 is 0.962 bits per heavy atom. The SMILES string of the molecule is COc1ccc(CCCC[C@@H](C)NCc2ccc3cnccc3c2)cc1. The largest absolute Gasteiger partial charge is 0.497 e. The molecule has 0 unspecified atom stereocenters. The predicted octanol–water partition coefficient (Wildman–Crippen LogP) is 5.13. The van der Waals surface area contributed by atoms with Gasteiger partial charge in [0.1, 0.15) is 5.75 Å². The minimum atomic E-state index is 0.527. The van der Waals surface area contributed by atoms with Gasteiger partial charge in [-0.25, -0.2) is 0 Å². The minimum Gasteiger partial charge on any atom is -0.497 e. The van der Waals surface area contributed by atoms with Gasteiger partial charge in [0.2, 0.25) is 0 Å². The first kappa shape index (κ1) is 18.4. The highest BCUT2D eigenvalue weighted by Gasteiger charge is 2.03. The second-order valence-corrected chi connectivity index (χ2v) is 6.93. The topological polar surface area (TPSA) is 34.1 Å². The van der Waals surface area contributed by atoms with Crippen molar-refractivity contribution >= 4 is 10.8 Å². The maximum Gasteiger partial charge on any atom is 0.118 e. The van der Waals surface area contributed by atoms with Gasteiger partial charge in [-0.1, -0.05) is 30.7 Å². The van der Waals surface area contributed by atoms with Crippen molar-refractivity contribution in [2.45, 2.75) is 45.2 Å². The molecule has 136 valence electrons. The highest BCUT2D eigenvalue weighted by atomic mass is 16.5. The summed E-state index contributed by atoms with van der Waals surface area (Å²) in [5.74, 6) is 0.927. The summed E-state index contributed by atoms with van der Waals surface area (Å²) in [6.07, 6.45) is 8.57. The van der Waals surface area contributed by atoms with Crippen molar-refractivity contribution in [3.8, 4) is 5.75 Å². The number of ether oxygens (including phenoxy) is 1. The van der Waals surface area contributed by atoms with Gasteiger partial charge in [-0.2, -0.15) is 0 Å². The van der Waals surface area contributed by atoms with Gasteiger partial charge in [0, 0.05) is 30.4 Å². The molecule has 1 N–H and O–H groups in total. The molecule has 0 fully saturated rings. The van der Waals surface area contributed by atoms with E-state index in [1.165, 1.54) is 41.2 Å². The maximum absolute atomic E-state index is 5.20. The number of hydrogen-bond acceptors (Lipinski definition) is 3. The fraction of sp³-hybridized carbons (Fsp3) is 0.348. The molecular formula is C23H28N2O. The average Bonchev–Trinajstić information content (AvgIpc) is 2.70. The third-order valence-corrected chi connectivity index (χ3v) is 4.87. The molecule has 3 nitrogen and oxygen atoms in total. The summed E-state index contributed by atoms with van der Waals surface area (Å²) in [5, 5.41) is 6.10. The number of benzene rings is 2. The third-order valence-electron chi connectivity index (χ3n) is 4.87. The second-order valence-electron chi connectivity index (χ2n) is 6.93. The highest BCUT2D eigenvalue weighted by Crippen LogP contribution is 2.16. The molecule has 0 aliphatic rings. The van der Waals surface area contributed by atoms with Gasteiger partial charge in [-0.3, -0.25) is 4.98 Å². The Hall–Kier alpha value is -2.39. The number of fused-ring (bicyclic) bond motifs is 1. The van der Waals surface area contributed by atoms with E-state index in [1.54, 1.807) is 7.11 Å². The lowest BCUT2D eigenvalue weighted by Gasteiger charge is -2.14. The van der Waals surface area contributed by atoms with E-state index in [0.29, 0.717) is 6.04 Å². The molecule has 3 rings (SSSR count). The van der Waals surface area contributed by atoms with Crippen LogP contribution in [0.3, 0.4) is 0 Å². The van der Waals surface area contributed by atoms with Gasteiger partial charge in [0.15, 0.2) is 0 Å². The number of nitrogens with zero attached hydrogens (tertiary/aromatic N) is 1. The summed E-state index contributed by atoms with van der Waals surface area (Å²) >= 11 is 0. The van der Waals surface area contributed by atoms with Crippen LogP contribution in [-0.4, -0.2) is 18.1 Å². The first-order chi connectivity index (χ1) is 12.7.